The zero-order chi connectivity index (χ0) is 15.6. The molecule has 1 aromatic rings. The lowest BCUT2D eigenvalue weighted by atomic mass is 9.75. The van der Waals surface area contributed by atoms with E-state index in [1.807, 2.05) is 6.07 Å². The first kappa shape index (κ1) is 13.9. The highest BCUT2D eigenvalue weighted by molar-refractivity contribution is 5.46. The quantitative estimate of drug-likeness (QED) is 0.585. The van der Waals surface area contributed by atoms with Crippen LogP contribution in [0.5, 0.6) is 11.5 Å². The van der Waals surface area contributed by atoms with Crippen molar-refractivity contribution in [2.45, 2.75) is 31.0 Å². The first-order chi connectivity index (χ1) is 10.4. The van der Waals surface area contributed by atoms with E-state index in [-0.39, 0.29) is 35.2 Å². The number of rotatable bonds is 0. The van der Waals surface area contributed by atoms with Crippen molar-refractivity contribution >= 4 is 0 Å². The molecule has 4 unspecified atom stereocenters. The first-order valence-corrected chi connectivity index (χ1v) is 7.66. The number of aromatic hydroxyl groups is 1. The van der Waals surface area contributed by atoms with Crippen LogP contribution in [0.25, 0.3) is 0 Å². The Morgan fingerprint density at radius 3 is 2.82 bits per heavy atom. The molecule has 3 aliphatic rings. The lowest BCUT2D eigenvalue weighted by molar-refractivity contribution is -0.0334. The Balaban J connectivity index is 1.84. The molecule has 0 bridgehead atoms. The molecule has 0 amide bonds. The van der Waals surface area contributed by atoms with Crippen LogP contribution >= 0.6 is 0 Å². The standard InChI is InChI=1S/C17H20O5/c1-17(21)11-6-14(20)13(19)5-10(11)16-9-3-2-8(18)4-15(9)22-7-12(16)17/h2-4,6,10-13,16,18-21H,5,7H2,1H3/t10?,11?,12?,13?,16-,17-/m0/s1. The Hall–Kier alpha value is -1.72. The monoisotopic (exact) mass is 304 g/mol. The molecule has 22 heavy (non-hydrogen) atoms. The molecule has 0 spiro atoms. The average molecular weight is 304 g/mol. The van der Waals surface area contributed by atoms with E-state index >= 15 is 0 Å². The molecule has 1 aromatic carbocycles. The van der Waals surface area contributed by atoms with Crippen molar-refractivity contribution in [3.8, 4) is 11.5 Å². The molecule has 2 aliphatic carbocycles. The Morgan fingerprint density at radius 1 is 1.27 bits per heavy atom. The van der Waals surface area contributed by atoms with Gasteiger partial charge in [-0.15, -0.1) is 0 Å². The number of phenolic OH excluding ortho intramolecular Hbond substituents is 1. The van der Waals surface area contributed by atoms with Crippen molar-refractivity contribution < 1.29 is 25.2 Å². The third-order valence-corrected chi connectivity index (χ3v) is 5.74. The summed E-state index contributed by atoms with van der Waals surface area (Å²) in [5.41, 5.74) is -0.0391. The summed E-state index contributed by atoms with van der Waals surface area (Å²) in [5, 5.41) is 40.5. The number of benzene rings is 1. The summed E-state index contributed by atoms with van der Waals surface area (Å²) in [4.78, 5) is 0. The number of hydrogen-bond acceptors (Lipinski definition) is 5. The van der Waals surface area contributed by atoms with Crippen LogP contribution in [0, 0.1) is 17.8 Å². The van der Waals surface area contributed by atoms with E-state index in [9.17, 15) is 20.4 Å². The summed E-state index contributed by atoms with van der Waals surface area (Å²) in [5.74, 6) is 0.516. The fourth-order valence-corrected chi connectivity index (χ4v) is 4.65. The minimum atomic E-state index is -1.00. The fraction of sp³-hybridized carbons (Fsp3) is 0.529. The van der Waals surface area contributed by atoms with Gasteiger partial charge in [0, 0.05) is 17.9 Å². The van der Waals surface area contributed by atoms with Gasteiger partial charge < -0.3 is 25.2 Å². The maximum absolute atomic E-state index is 11.0. The topological polar surface area (TPSA) is 90.2 Å². The van der Waals surface area contributed by atoms with Crippen LogP contribution < -0.4 is 4.74 Å². The number of phenols is 1. The molecule has 0 radical (unpaired) electrons. The average Bonchev–Trinajstić information content (AvgIpc) is 2.68. The summed E-state index contributed by atoms with van der Waals surface area (Å²) < 4.78 is 5.75. The van der Waals surface area contributed by atoms with Gasteiger partial charge in [0.2, 0.25) is 0 Å². The SMILES string of the molecule is C[C@]1(O)C2C=C(O)C(O)CC2[C@@H]2c3ccc(O)cc3OCC21. The second-order valence-electron chi connectivity index (χ2n) is 6.92. The van der Waals surface area contributed by atoms with Gasteiger partial charge >= 0.3 is 0 Å². The number of aliphatic hydroxyl groups is 3. The van der Waals surface area contributed by atoms with E-state index in [1.54, 1.807) is 25.1 Å². The predicted molar refractivity (Wildman–Crippen MR) is 78.8 cm³/mol. The molecule has 0 saturated heterocycles. The van der Waals surface area contributed by atoms with Crippen LogP contribution in [-0.2, 0) is 0 Å². The summed E-state index contributed by atoms with van der Waals surface area (Å²) in [6, 6.07) is 5.06. The molecule has 1 aliphatic heterocycles. The summed E-state index contributed by atoms with van der Waals surface area (Å²) >= 11 is 0. The molecule has 5 nitrogen and oxygen atoms in total. The third-order valence-electron chi connectivity index (χ3n) is 5.74. The van der Waals surface area contributed by atoms with Gasteiger partial charge in [-0.3, -0.25) is 0 Å². The van der Waals surface area contributed by atoms with Crippen LogP contribution in [0.1, 0.15) is 24.8 Å². The van der Waals surface area contributed by atoms with Gasteiger partial charge in [-0.1, -0.05) is 6.07 Å². The van der Waals surface area contributed by atoms with Crippen LogP contribution in [0.15, 0.2) is 30.0 Å². The highest BCUT2D eigenvalue weighted by Crippen LogP contribution is 2.60. The van der Waals surface area contributed by atoms with Gasteiger partial charge in [-0.2, -0.15) is 0 Å². The summed E-state index contributed by atoms with van der Waals surface area (Å²) in [7, 11) is 0. The Morgan fingerprint density at radius 2 is 2.05 bits per heavy atom. The molecule has 118 valence electrons. The maximum Gasteiger partial charge on any atom is 0.126 e. The molecule has 1 fully saturated rings. The number of fused-ring (bicyclic) bond motifs is 5. The Kier molecular flexibility index (Phi) is 2.78. The van der Waals surface area contributed by atoms with E-state index in [2.05, 4.69) is 0 Å². The Labute approximate surface area is 128 Å². The van der Waals surface area contributed by atoms with Crippen molar-refractivity contribution in [2.75, 3.05) is 6.61 Å². The van der Waals surface area contributed by atoms with Gasteiger partial charge in [0.1, 0.15) is 23.4 Å². The first-order valence-electron chi connectivity index (χ1n) is 7.66. The zero-order valence-electron chi connectivity index (χ0n) is 12.3. The van der Waals surface area contributed by atoms with Gasteiger partial charge in [-0.25, -0.2) is 0 Å². The van der Waals surface area contributed by atoms with E-state index < -0.39 is 11.7 Å². The van der Waals surface area contributed by atoms with E-state index in [4.69, 9.17) is 4.74 Å². The van der Waals surface area contributed by atoms with E-state index in [0.717, 1.165) is 5.56 Å². The third kappa shape index (κ3) is 1.72. The normalized spacial score (nSPS) is 42.7. The van der Waals surface area contributed by atoms with Crippen molar-refractivity contribution in [1.29, 1.82) is 0 Å². The second-order valence-corrected chi connectivity index (χ2v) is 6.92. The molecular weight excluding hydrogens is 284 g/mol. The highest BCUT2D eigenvalue weighted by Gasteiger charge is 2.60. The minimum absolute atomic E-state index is 0.0399. The van der Waals surface area contributed by atoms with E-state index in [1.165, 1.54) is 0 Å². The lowest BCUT2D eigenvalue weighted by Crippen LogP contribution is -2.42. The molecule has 6 atom stereocenters. The molecule has 5 heteroatoms. The number of ether oxygens (including phenoxy) is 1. The van der Waals surface area contributed by atoms with E-state index in [0.29, 0.717) is 18.8 Å². The molecular formula is C17H20O5. The lowest BCUT2D eigenvalue weighted by Gasteiger charge is -2.35. The van der Waals surface area contributed by atoms with Crippen molar-refractivity contribution in [1.82, 2.24) is 0 Å². The van der Waals surface area contributed by atoms with Crippen LogP contribution in [0.2, 0.25) is 0 Å². The molecule has 1 saturated carbocycles. The summed E-state index contributed by atoms with van der Waals surface area (Å²) in [6.45, 7) is 2.15. The zero-order valence-corrected chi connectivity index (χ0v) is 12.3. The van der Waals surface area contributed by atoms with Crippen LogP contribution in [-0.4, -0.2) is 38.7 Å². The van der Waals surface area contributed by atoms with Crippen molar-refractivity contribution in [3.63, 3.8) is 0 Å². The van der Waals surface area contributed by atoms with Crippen LogP contribution in [0.4, 0.5) is 0 Å². The number of aliphatic hydroxyl groups excluding tert-OH is 2. The van der Waals surface area contributed by atoms with Gasteiger partial charge in [-0.05, 0) is 42.9 Å². The van der Waals surface area contributed by atoms with Gasteiger partial charge in [0.15, 0.2) is 0 Å². The maximum atomic E-state index is 11.0. The Bertz CT molecular complexity index is 650. The summed E-state index contributed by atoms with van der Waals surface area (Å²) in [6.07, 6.45) is 1.15. The molecule has 4 rings (SSSR count). The van der Waals surface area contributed by atoms with Gasteiger partial charge in [0.05, 0.1) is 12.2 Å². The second kappa shape index (κ2) is 4.40. The number of hydrogen-bond donors (Lipinski definition) is 4. The van der Waals surface area contributed by atoms with Crippen molar-refractivity contribution in [3.05, 3.63) is 35.6 Å². The van der Waals surface area contributed by atoms with Crippen LogP contribution in [0.3, 0.4) is 0 Å². The molecule has 4 N–H and O–H groups in total. The largest absolute Gasteiger partial charge is 0.510 e. The minimum Gasteiger partial charge on any atom is -0.510 e. The van der Waals surface area contributed by atoms with Crippen molar-refractivity contribution in [2.24, 2.45) is 17.8 Å². The predicted octanol–water partition coefficient (Wildman–Crippen LogP) is 1.69. The molecule has 0 aromatic heterocycles. The fourth-order valence-electron chi connectivity index (χ4n) is 4.65. The van der Waals surface area contributed by atoms with Gasteiger partial charge in [0.25, 0.3) is 0 Å². The smallest absolute Gasteiger partial charge is 0.126 e. The molecule has 1 heterocycles. The highest BCUT2D eigenvalue weighted by atomic mass is 16.5.